The SMILES string of the molecule is CCOC(=O)C1C(C)=Nc2c(c(C(C)C)nn2C)C1c1ccccc1C(F)(F)F. The second-order valence-corrected chi connectivity index (χ2v) is 7.45. The monoisotopic (exact) mass is 407 g/mol. The Balaban J connectivity index is 2.35. The first-order chi connectivity index (χ1) is 13.6. The van der Waals surface area contributed by atoms with E-state index in [4.69, 9.17) is 4.74 Å². The minimum Gasteiger partial charge on any atom is -0.465 e. The van der Waals surface area contributed by atoms with Gasteiger partial charge in [0.1, 0.15) is 5.92 Å². The van der Waals surface area contributed by atoms with Gasteiger partial charge in [0, 0.05) is 24.2 Å². The van der Waals surface area contributed by atoms with Crippen LogP contribution in [0.15, 0.2) is 29.3 Å². The summed E-state index contributed by atoms with van der Waals surface area (Å²) >= 11 is 0. The first kappa shape index (κ1) is 21.1. The van der Waals surface area contributed by atoms with Crippen LogP contribution < -0.4 is 0 Å². The van der Waals surface area contributed by atoms with E-state index in [2.05, 4.69) is 10.1 Å². The van der Waals surface area contributed by atoms with Crippen LogP contribution in [0.5, 0.6) is 0 Å². The van der Waals surface area contributed by atoms with Gasteiger partial charge in [0.25, 0.3) is 0 Å². The van der Waals surface area contributed by atoms with Gasteiger partial charge >= 0.3 is 12.1 Å². The van der Waals surface area contributed by atoms with Gasteiger partial charge in [-0.2, -0.15) is 18.3 Å². The number of carbonyl (C=O) groups is 1. The van der Waals surface area contributed by atoms with Crippen LogP contribution in [0.1, 0.15) is 61.9 Å². The van der Waals surface area contributed by atoms with Crippen molar-refractivity contribution < 1.29 is 22.7 Å². The minimum atomic E-state index is -4.56. The summed E-state index contributed by atoms with van der Waals surface area (Å²) in [6, 6.07) is 5.38. The van der Waals surface area contributed by atoms with E-state index in [1.807, 2.05) is 13.8 Å². The Morgan fingerprint density at radius 3 is 2.52 bits per heavy atom. The molecule has 0 spiro atoms. The summed E-state index contributed by atoms with van der Waals surface area (Å²) in [7, 11) is 1.71. The number of carbonyl (C=O) groups excluding carboxylic acids is 1. The smallest absolute Gasteiger partial charge is 0.416 e. The van der Waals surface area contributed by atoms with Crippen molar-refractivity contribution in [1.29, 1.82) is 0 Å². The van der Waals surface area contributed by atoms with Crippen LogP contribution in [0.25, 0.3) is 0 Å². The third-order valence-corrected chi connectivity index (χ3v) is 5.15. The quantitative estimate of drug-likeness (QED) is 0.672. The van der Waals surface area contributed by atoms with E-state index in [1.54, 1.807) is 31.6 Å². The fourth-order valence-electron chi connectivity index (χ4n) is 3.95. The number of hydrogen-bond donors (Lipinski definition) is 0. The summed E-state index contributed by atoms with van der Waals surface area (Å²) in [6.07, 6.45) is -4.56. The second-order valence-electron chi connectivity index (χ2n) is 7.45. The predicted molar refractivity (Wildman–Crippen MR) is 103 cm³/mol. The van der Waals surface area contributed by atoms with Gasteiger partial charge < -0.3 is 4.74 Å². The number of rotatable bonds is 4. The van der Waals surface area contributed by atoms with E-state index >= 15 is 0 Å². The highest BCUT2D eigenvalue weighted by Crippen LogP contribution is 2.48. The predicted octanol–water partition coefficient (Wildman–Crippen LogP) is 4.98. The van der Waals surface area contributed by atoms with Gasteiger partial charge in [0.2, 0.25) is 0 Å². The average molecular weight is 407 g/mol. The van der Waals surface area contributed by atoms with E-state index in [1.165, 1.54) is 12.1 Å². The van der Waals surface area contributed by atoms with Crippen LogP contribution >= 0.6 is 0 Å². The molecule has 8 heteroatoms. The van der Waals surface area contributed by atoms with E-state index in [9.17, 15) is 18.0 Å². The highest BCUT2D eigenvalue weighted by atomic mass is 19.4. The molecule has 0 fully saturated rings. The highest BCUT2D eigenvalue weighted by Gasteiger charge is 2.45. The number of fused-ring (bicyclic) bond motifs is 1. The summed E-state index contributed by atoms with van der Waals surface area (Å²) < 4.78 is 48.3. The number of aliphatic imine (C=N–C) groups is 1. The van der Waals surface area contributed by atoms with Gasteiger partial charge in [-0.1, -0.05) is 32.0 Å². The molecule has 29 heavy (non-hydrogen) atoms. The fraction of sp³-hybridized carbons (Fsp3) is 0.476. The average Bonchev–Trinajstić information content (AvgIpc) is 2.97. The Morgan fingerprint density at radius 2 is 1.93 bits per heavy atom. The van der Waals surface area contributed by atoms with Crippen LogP contribution in [0, 0.1) is 5.92 Å². The molecule has 0 saturated heterocycles. The lowest BCUT2D eigenvalue weighted by Crippen LogP contribution is -2.34. The van der Waals surface area contributed by atoms with Gasteiger partial charge in [-0.15, -0.1) is 0 Å². The molecular weight excluding hydrogens is 383 g/mol. The molecule has 2 aromatic rings. The van der Waals surface area contributed by atoms with Crippen LogP contribution in [0.2, 0.25) is 0 Å². The maximum atomic E-state index is 13.8. The third kappa shape index (κ3) is 3.68. The number of halogens is 3. The summed E-state index contributed by atoms with van der Waals surface area (Å²) in [6.45, 7) is 7.28. The number of alkyl halides is 3. The van der Waals surface area contributed by atoms with Crippen molar-refractivity contribution >= 4 is 17.5 Å². The molecule has 0 radical (unpaired) electrons. The lowest BCUT2D eigenvalue weighted by Gasteiger charge is -2.32. The molecule has 2 atom stereocenters. The molecule has 0 N–H and O–H groups in total. The van der Waals surface area contributed by atoms with Crippen molar-refractivity contribution in [1.82, 2.24) is 9.78 Å². The van der Waals surface area contributed by atoms with Gasteiger partial charge in [-0.25, -0.2) is 4.99 Å². The van der Waals surface area contributed by atoms with E-state index < -0.39 is 29.5 Å². The lowest BCUT2D eigenvalue weighted by atomic mass is 9.74. The molecule has 0 amide bonds. The molecule has 5 nitrogen and oxygen atoms in total. The minimum absolute atomic E-state index is 0.0310. The fourth-order valence-corrected chi connectivity index (χ4v) is 3.95. The normalized spacial score (nSPS) is 19.1. The van der Waals surface area contributed by atoms with E-state index in [0.717, 1.165) is 6.07 Å². The molecule has 3 rings (SSSR count). The highest BCUT2D eigenvalue weighted by molar-refractivity contribution is 6.05. The van der Waals surface area contributed by atoms with Crippen LogP contribution in [-0.2, 0) is 22.8 Å². The number of esters is 1. The maximum Gasteiger partial charge on any atom is 0.416 e. The van der Waals surface area contributed by atoms with Gasteiger partial charge in [-0.3, -0.25) is 9.48 Å². The number of aryl methyl sites for hydroxylation is 1. The molecule has 2 heterocycles. The molecule has 0 bridgehead atoms. The van der Waals surface area contributed by atoms with Crippen molar-refractivity contribution in [3.05, 3.63) is 46.6 Å². The summed E-state index contributed by atoms with van der Waals surface area (Å²) in [5.74, 6) is -1.99. The molecule has 0 aliphatic carbocycles. The molecule has 2 unspecified atom stereocenters. The zero-order valence-electron chi connectivity index (χ0n) is 17.0. The third-order valence-electron chi connectivity index (χ3n) is 5.15. The first-order valence-electron chi connectivity index (χ1n) is 9.52. The Bertz CT molecular complexity index is 961. The largest absolute Gasteiger partial charge is 0.465 e. The molecule has 1 aromatic heterocycles. The number of nitrogens with zero attached hydrogens (tertiary/aromatic N) is 3. The lowest BCUT2D eigenvalue weighted by molar-refractivity contribution is -0.147. The zero-order valence-corrected chi connectivity index (χ0v) is 17.0. The second kappa shape index (κ2) is 7.65. The molecule has 156 valence electrons. The summed E-state index contributed by atoms with van der Waals surface area (Å²) in [5, 5.41) is 4.51. The van der Waals surface area contributed by atoms with Crippen molar-refractivity contribution in [2.24, 2.45) is 18.0 Å². The maximum absolute atomic E-state index is 13.8. The van der Waals surface area contributed by atoms with Crippen LogP contribution in [-0.4, -0.2) is 28.1 Å². The van der Waals surface area contributed by atoms with Crippen molar-refractivity contribution in [2.75, 3.05) is 6.61 Å². The number of aromatic nitrogens is 2. The molecule has 1 aliphatic heterocycles. The van der Waals surface area contributed by atoms with E-state index in [0.29, 0.717) is 22.8 Å². The number of benzene rings is 1. The Morgan fingerprint density at radius 1 is 1.28 bits per heavy atom. The molecule has 0 saturated carbocycles. The summed E-state index contributed by atoms with van der Waals surface area (Å²) in [5.41, 5.74) is 0.871. The molecular formula is C21H24F3N3O2. The number of ether oxygens (including phenoxy) is 1. The molecule has 1 aliphatic rings. The van der Waals surface area contributed by atoms with Crippen molar-refractivity contribution in [3.8, 4) is 0 Å². The standard InChI is InChI=1S/C21H24F3N3O2/c1-6-29-20(28)15-12(4)25-19-17(18(11(2)3)26-27(19)5)16(15)13-9-7-8-10-14(13)21(22,23)24/h7-11,15-16H,6H2,1-5H3. The topological polar surface area (TPSA) is 56.5 Å². The van der Waals surface area contributed by atoms with Gasteiger partial charge in [0.05, 0.1) is 17.9 Å². The van der Waals surface area contributed by atoms with Gasteiger partial charge in [-0.05, 0) is 31.4 Å². The van der Waals surface area contributed by atoms with E-state index in [-0.39, 0.29) is 18.1 Å². The zero-order chi connectivity index (χ0) is 21.5. The Kier molecular flexibility index (Phi) is 5.56. The van der Waals surface area contributed by atoms with Crippen molar-refractivity contribution in [3.63, 3.8) is 0 Å². The van der Waals surface area contributed by atoms with Gasteiger partial charge in [0.15, 0.2) is 5.82 Å². The Labute approximate surface area is 167 Å². The van der Waals surface area contributed by atoms with Crippen LogP contribution in [0.4, 0.5) is 19.0 Å². The molecule has 1 aromatic carbocycles. The first-order valence-corrected chi connectivity index (χ1v) is 9.52. The number of hydrogen-bond acceptors (Lipinski definition) is 4. The summed E-state index contributed by atoms with van der Waals surface area (Å²) in [4.78, 5) is 17.4. The Hall–Kier alpha value is -2.64. The van der Waals surface area contributed by atoms with Crippen LogP contribution in [0.3, 0.4) is 0 Å². The van der Waals surface area contributed by atoms with Crippen molar-refractivity contribution in [2.45, 2.75) is 45.7 Å².